The number of anilines is 1. The number of Topliss-reactive ketones (excluding diaryl/α,β-unsaturated/α-hetero) is 1. The second-order valence-corrected chi connectivity index (χ2v) is 7.23. The van der Waals surface area contributed by atoms with Crippen molar-refractivity contribution >= 4 is 46.5 Å². The lowest BCUT2D eigenvalue weighted by Gasteiger charge is -2.25. The number of benzene rings is 2. The molecule has 0 radical (unpaired) electrons. The molecule has 2 heterocycles. The lowest BCUT2D eigenvalue weighted by Crippen LogP contribution is -2.30. The predicted octanol–water partition coefficient (Wildman–Crippen LogP) is 5.01. The lowest BCUT2D eigenvalue weighted by atomic mass is 9.95. The van der Waals surface area contributed by atoms with Gasteiger partial charge in [-0.3, -0.25) is 14.5 Å². The summed E-state index contributed by atoms with van der Waals surface area (Å²) in [5.41, 5.74) is 0.816. The van der Waals surface area contributed by atoms with Crippen LogP contribution in [0.5, 0.6) is 0 Å². The fourth-order valence-electron chi connectivity index (χ4n) is 3.32. The zero-order chi connectivity index (χ0) is 20.5. The van der Waals surface area contributed by atoms with Crippen molar-refractivity contribution in [3.05, 3.63) is 99.7 Å². The van der Waals surface area contributed by atoms with Gasteiger partial charge in [-0.05, 0) is 48.0 Å². The molecule has 1 aromatic heterocycles. The summed E-state index contributed by atoms with van der Waals surface area (Å²) in [7, 11) is 0. The molecule has 1 aliphatic heterocycles. The van der Waals surface area contributed by atoms with Crippen LogP contribution in [0.3, 0.4) is 0 Å². The van der Waals surface area contributed by atoms with E-state index < -0.39 is 17.7 Å². The summed E-state index contributed by atoms with van der Waals surface area (Å²) in [6, 6.07) is 17.3. The summed E-state index contributed by atoms with van der Waals surface area (Å²) in [6.45, 7) is 0. The number of hydrogen-bond acceptors (Lipinski definition) is 4. The van der Waals surface area contributed by atoms with Crippen molar-refractivity contribution in [2.24, 2.45) is 0 Å². The number of aliphatic hydroxyl groups is 1. The summed E-state index contributed by atoms with van der Waals surface area (Å²) in [6.07, 6.45) is 1.53. The van der Waals surface area contributed by atoms with Crippen molar-refractivity contribution < 1.29 is 14.7 Å². The monoisotopic (exact) mass is 424 g/mol. The molecular weight excluding hydrogens is 411 g/mol. The summed E-state index contributed by atoms with van der Waals surface area (Å²) in [4.78, 5) is 31.4. The van der Waals surface area contributed by atoms with Crippen LogP contribution >= 0.6 is 23.2 Å². The number of halogens is 2. The van der Waals surface area contributed by atoms with Gasteiger partial charge in [-0.25, -0.2) is 4.98 Å². The van der Waals surface area contributed by atoms with Crippen LogP contribution in [0.4, 0.5) is 5.82 Å². The maximum absolute atomic E-state index is 13.0. The Hall–Kier alpha value is -3.15. The summed E-state index contributed by atoms with van der Waals surface area (Å²) in [5.74, 6) is -1.62. The summed E-state index contributed by atoms with van der Waals surface area (Å²) in [5, 5.41) is 11.8. The Morgan fingerprint density at radius 1 is 0.931 bits per heavy atom. The van der Waals surface area contributed by atoms with Crippen molar-refractivity contribution in [1.29, 1.82) is 0 Å². The number of carbonyl (C=O) groups is 2. The number of ketones is 1. The van der Waals surface area contributed by atoms with Crippen molar-refractivity contribution in [2.75, 3.05) is 4.90 Å². The first-order valence-corrected chi connectivity index (χ1v) is 9.47. The van der Waals surface area contributed by atoms with Crippen LogP contribution in [-0.2, 0) is 9.59 Å². The van der Waals surface area contributed by atoms with E-state index in [-0.39, 0.29) is 17.2 Å². The minimum absolute atomic E-state index is 0.0592. The average molecular weight is 425 g/mol. The molecule has 1 aliphatic rings. The normalized spacial score (nSPS) is 18.3. The first kappa shape index (κ1) is 19.2. The van der Waals surface area contributed by atoms with Gasteiger partial charge in [0.25, 0.3) is 5.78 Å². The van der Waals surface area contributed by atoms with Crippen LogP contribution in [0.25, 0.3) is 5.76 Å². The second-order valence-electron chi connectivity index (χ2n) is 6.39. The molecule has 2 aromatic carbocycles. The Morgan fingerprint density at radius 3 is 2.28 bits per heavy atom. The highest BCUT2D eigenvalue weighted by molar-refractivity contribution is 6.51. The fourth-order valence-corrected chi connectivity index (χ4v) is 3.68. The van der Waals surface area contributed by atoms with Gasteiger partial charge in [0.05, 0.1) is 11.6 Å². The van der Waals surface area contributed by atoms with Gasteiger partial charge in [-0.1, -0.05) is 47.5 Å². The van der Waals surface area contributed by atoms with Crippen LogP contribution in [0.2, 0.25) is 10.0 Å². The van der Waals surface area contributed by atoms with Gasteiger partial charge in [-0.15, -0.1) is 0 Å². The molecule has 29 heavy (non-hydrogen) atoms. The summed E-state index contributed by atoms with van der Waals surface area (Å²) < 4.78 is 0. The smallest absolute Gasteiger partial charge is 0.301 e. The Kier molecular flexibility index (Phi) is 5.09. The molecule has 5 nitrogen and oxygen atoms in total. The van der Waals surface area contributed by atoms with Crippen molar-refractivity contribution in [3.8, 4) is 0 Å². The molecule has 0 saturated carbocycles. The fraction of sp³-hybridized carbons (Fsp3) is 0.0455. The number of carbonyl (C=O) groups excluding carboxylic acids is 2. The van der Waals surface area contributed by atoms with Crippen molar-refractivity contribution in [1.82, 2.24) is 4.98 Å². The Morgan fingerprint density at radius 2 is 1.62 bits per heavy atom. The van der Waals surface area contributed by atoms with E-state index in [0.717, 1.165) is 0 Å². The molecule has 0 spiro atoms. The Bertz CT molecular complexity index is 1130. The van der Waals surface area contributed by atoms with Crippen LogP contribution in [0.15, 0.2) is 78.5 Å². The maximum atomic E-state index is 13.0. The molecule has 0 aliphatic carbocycles. The molecule has 1 N–H and O–H groups in total. The number of aliphatic hydroxyl groups excluding tert-OH is 1. The molecule has 0 unspecified atom stereocenters. The van der Waals surface area contributed by atoms with E-state index in [1.54, 1.807) is 66.7 Å². The molecule has 4 rings (SSSR count). The number of aromatic nitrogens is 1. The quantitative estimate of drug-likeness (QED) is 0.364. The van der Waals surface area contributed by atoms with Crippen LogP contribution in [0, 0.1) is 0 Å². The van der Waals surface area contributed by atoms with Gasteiger partial charge in [-0.2, -0.15) is 0 Å². The molecule has 1 fully saturated rings. The van der Waals surface area contributed by atoms with Gasteiger partial charge < -0.3 is 5.11 Å². The van der Waals surface area contributed by atoms with Gasteiger partial charge in [0.15, 0.2) is 0 Å². The van der Waals surface area contributed by atoms with Gasteiger partial charge in [0.1, 0.15) is 11.6 Å². The largest absolute Gasteiger partial charge is 0.507 e. The molecule has 1 atom stereocenters. The second kappa shape index (κ2) is 7.70. The van der Waals surface area contributed by atoms with Crippen LogP contribution in [0.1, 0.15) is 17.2 Å². The maximum Gasteiger partial charge on any atom is 0.301 e. The molecule has 0 bridgehead atoms. The first-order valence-electron chi connectivity index (χ1n) is 8.71. The minimum Gasteiger partial charge on any atom is -0.507 e. The highest BCUT2D eigenvalue weighted by Crippen LogP contribution is 2.43. The topological polar surface area (TPSA) is 70.5 Å². The average Bonchev–Trinajstić information content (AvgIpc) is 3.00. The van der Waals surface area contributed by atoms with E-state index in [1.807, 2.05) is 0 Å². The minimum atomic E-state index is -0.922. The third kappa shape index (κ3) is 3.39. The lowest BCUT2D eigenvalue weighted by molar-refractivity contribution is -0.132. The number of amides is 1. The van der Waals surface area contributed by atoms with Crippen LogP contribution in [-0.4, -0.2) is 21.8 Å². The molecule has 144 valence electrons. The third-order valence-electron chi connectivity index (χ3n) is 4.66. The van der Waals surface area contributed by atoms with Crippen molar-refractivity contribution in [3.63, 3.8) is 0 Å². The van der Waals surface area contributed by atoms with E-state index in [0.29, 0.717) is 21.2 Å². The predicted molar refractivity (Wildman–Crippen MR) is 112 cm³/mol. The molecule has 1 amide bonds. The molecule has 7 heteroatoms. The van der Waals surface area contributed by atoms with E-state index in [4.69, 9.17) is 23.2 Å². The Balaban J connectivity index is 1.97. The molecule has 1 saturated heterocycles. The number of pyridine rings is 1. The van der Waals surface area contributed by atoms with Gasteiger partial charge in [0.2, 0.25) is 0 Å². The zero-order valence-corrected chi connectivity index (χ0v) is 16.4. The highest BCUT2D eigenvalue weighted by Gasteiger charge is 2.48. The standard InChI is InChI=1S/C22H14Cl2N2O3/c23-14-10-8-13(9-11-14)20(27)18-19(15-5-1-2-6-16(15)24)26(22(29)21(18)28)17-7-3-4-12-25-17/h1-12,19,27H/t19-/m1/s1. The number of hydrogen-bond donors (Lipinski definition) is 1. The first-order chi connectivity index (χ1) is 14.0. The van der Waals surface area contributed by atoms with Gasteiger partial charge in [0, 0.05) is 21.8 Å². The zero-order valence-electron chi connectivity index (χ0n) is 14.9. The summed E-state index contributed by atoms with van der Waals surface area (Å²) >= 11 is 12.3. The van der Waals surface area contributed by atoms with Crippen molar-refractivity contribution in [2.45, 2.75) is 6.04 Å². The van der Waals surface area contributed by atoms with E-state index in [1.165, 1.54) is 11.1 Å². The van der Waals surface area contributed by atoms with E-state index >= 15 is 0 Å². The third-order valence-corrected chi connectivity index (χ3v) is 5.25. The molecular formula is C22H14Cl2N2O3. The van der Waals surface area contributed by atoms with Crippen LogP contribution < -0.4 is 4.90 Å². The number of nitrogens with zero attached hydrogens (tertiary/aromatic N) is 2. The van der Waals surface area contributed by atoms with Gasteiger partial charge >= 0.3 is 5.91 Å². The van der Waals surface area contributed by atoms with E-state index in [2.05, 4.69) is 4.98 Å². The highest BCUT2D eigenvalue weighted by atomic mass is 35.5. The molecule has 3 aromatic rings. The number of rotatable bonds is 3. The Labute approximate surface area is 176 Å². The SMILES string of the molecule is O=C1C(=O)N(c2ccccn2)[C@H](c2ccccc2Cl)C1=C(O)c1ccc(Cl)cc1. The van der Waals surface area contributed by atoms with E-state index in [9.17, 15) is 14.7 Å².